The maximum atomic E-state index is 5.83. The van der Waals surface area contributed by atoms with Crippen LogP contribution in [0.3, 0.4) is 0 Å². The van der Waals surface area contributed by atoms with Gasteiger partial charge in [0.2, 0.25) is 0 Å². The lowest BCUT2D eigenvalue weighted by atomic mass is 10.0. The molecule has 0 amide bonds. The van der Waals surface area contributed by atoms with E-state index < -0.39 is 0 Å². The summed E-state index contributed by atoms with van der Waals surface area (Å²) in [6.07, 6.45) is 2.54. The second-order valence-corrected chi connectivity index (χ2v) is 4.61. The lowest BCUT2D eigenvalue weighted by molar-refractivity contribution is 0.218. The molecule has 1 aliphatic rings. The first-order valence-corrected chi connectivity index (χ1v) is 6.03. The third-order valence-corrected chi connectivity index (χ3v) is 2.94. The highest BCUT2D eigenvalue weighted by Gasteiger charge is 2.13. The molecule has 0 aliphatic carbocycles. The quantitative estimate of drug-likeness (QED) is 0.847. The van der Waals surface area contributed by atoms with Gasteiger partial charge in [-0.1, -0.05) is 0 Å². The predicted octanol–water partition coefficient (Wildman–Crippen LogP) is 2.08. The van der Waals surface area contributed by atoms with Gasteiger partial charge in [0, 0.05) is 36.0 Å². The Balaban J connectivity index is 1.88. The molecule has 0 saturated carbocycles. The highest BCUT2D eigenvalue weighted by Crippen LogP contribution is 2.16. The maximum Gasteiger partial charge on any atom is 0.122 e. The molecule has 0 spiro atoms. The fourth-order valence-electron chi connectivity index (χ4n) is 2.16. The summed E-state index contributed by atoms with van der Waals surface area (Å²) in [5.74, 6) is 1.61. The number of rotatable bonds is 3. The Morgan fingerprint density at radius 3 is 2.75 bits per heavy atom. The topological polar surface area (TPSA) is 34.1 Å². The normalized spacial score (nSPS) is 20.8. The number of aromatic nitrogens is 1. The van der Waals surface area contributed by atoms with E-state index in [-0.39, 0.29) is 0 Å². The molecule has 16 heavy (non-hydrogen) atoms. The van der Waals surface area contributed by atoms with Gasteiger partial charge in [0.15, 0.2) is 0 Å². The number of hydrogen-bond acceptors (Lipinski definition) is 3. The molecule has 88 valence electrons. The van der Waals surface area contributed by atoms with Crippen molar-refractivity contribution in [3.05, 3.63) is 23.5 Å². The minimum atomic E-state index is 0.655. The average Bonchev–Trinajstić information content (AvgIpc) is 2.27. The van der Waals surface area contributed by atoms with E-state index in [0.717, 1.165) is 36.8 Å². The number of nitrogens with one attached hydrogen (secondary N) is 1. The molecule has 1 aromatic heterocycles. The lowest BCUT2D eigenvalue weighted by Gasteiger charge is -2.22. The monoisotopic (exact) mass is 220 g/mol. The van der Waals surface area contributed by atoms with Crippen LogP contribution in [0.2, 0.25) is 0 Å². The van der Waals surface area contributed by atoms with Crippen LogP contribution in [-0.2, 0) is 0 Å². The number of hydrogen-bond donors (Lipinski definition) is 1. The van der Waals surface area contributed by atoms with Gasteiger partial charge in [-0.3, -0.25) is 4.98 Å². The van der Waals surface area contributed by atoms with Crippen LogP contribution in [0.5, 0.6) is 5.75 Å². The molecule has 0 bridgehead atoms. The highest BCUT2D eigenvalue weighted by molar-refractivity contribution is 5.26. The summed E-state index contributed by atoms with van der Waals surface area (Å²) in [7, 11) is 0. The lowest BCUT2D eigenvalue weighted by Crippen LogP contribution is -2.33. The Morgan fingerprint density at radius 2 is 2.12 bits per heavy atom. The van der Waals surface area contributed by atoms with Crippen molar-refractivity contribution in [1.82, 2.24) is 10.3 Å². The van der Waals surface area contributed by atoms with Crippen molar-refractivity contribution < 1.29 is 4.74 Å². The Labute approximate surface area is 97.2 Å². The summed E-state index contributed by atoms with van der Waals surface area (Å²) < 4.78 is 5.83. The first-order valence-electron chi connectivity index (χ1n) is 6.03. The van der Waals surface area contributed by atoms with Gasteiger partial charge in [0.05, 0.1) is 6.61 Å². The number of aryl methyl sites for hydroxylation is 2. The summed E-state index contributed by atoms with van der Waals surface area (Å²) >= 11 is 0. The zero-order valence-electron chi connectivity index (χ0n) is 10.1. The Morgan fingerprint density at radius 1 is 1.38 bits per heavy atom. The molecule has 1 N–H and O–H groups in total. The molecular formula is C13H20N2O. The zero-order chi connectivity index (χ0) is 11.4. The van der Waals surface area contributed by atoms with E-state index in [1.54, 1.807) is 0 Å². The number of piperidine rings is 1. The zero-order valence-corrected chi connectivity index (χ0v) is 10.1. The smallest absolute Gasteiger partial charge is 0.122 e. The Bertz CT molecular complexity index is 326. The van der Waals surface area contributed by atoms with Gasteiger partial charge in [0.25, 0.3) is 0 Å². The van der Waals surface area contributed by atoms with E-state index in [9.17, 15) is 0 Å². The first kappa shape index (κ1) is 11.4. The van der Waals surface area contributed by atoms with E-state index in [1.807, 2.05) is 26.0 Å². The van der Waals surface area contributed by atoms with E-state index in [0.29, 0.717) is 5.92 Å². The van der Waals surface area contributed by atoms with Gasteiger partial charge in [-0.2, -0.15) is 0 Å². The van der Waals surface area contributed by atoms with Crippen molar-refractivity contribution in [1.29, 1.82) is 0 Å². The number of nitrogens with zero attached hydrogens (tertiary/aromatic N) is 1. The molecule has 1 atom stereocenters. The van der Waals surface area contributed by atoms with Crippen molar-refractivity contribution in [3.63, 3.8) is 0 Å². The summed E-state index contributed by atoms with van der Waals surface area (Å²) in [5.41, 5.74) is 2.05. The van der Waals surface area contributed by atoms with Gasteiger partial charge in [-0.25, -0.2) is 0 Å². The summed E-state index contributed by atoms with van der Waals surface area (Å²) in [6.45, 7) is 7.06. The molecule has 0 aromatic carbocycles. The summed E-state index contributed by atoms with van der Waals surface area (Å²) in [4.78, 5) is 4.34. The van der Waals surface area contributed by atoms with Crippen LogP contribution < -0.4 is 10.1 Å². The molecule has 3 heteroatoms. The Hall–Kier alpha value is -1.09. The minimum Gasteiger partial charge on any atom is -0.493 e. The number of pyridine rings is 1. The summed E-state index contributed by atoms with van der Waals surface area (Å²) in [5, 5.41) is 3.40. The van der Waals surface area contributed by atoms with Gasteiger partial charge in [-0.05, 0) is 33.2 Å². The van der Waals surface area contributed by atoms with Crippen molar-refractivity contribution in [3.8, 4) is 5.75 Å². The maximum absolute atomic E-state index is 5.83. The van der Waals surface area contributed by atoms with Gasteiger partial charge >= 0.3 is 0 Å². The van der Waals surface area contributed by atoms with Crippen molar-refractivity contribution in [2.24, 2.45) is 5.92 Å². The molecule has 1 saturated heterocycles. The van der Waals surface area contributed by atoms with Crippen LogP contribution in [0.1, 0.15) is 24.2 Å². The van der Waals surface area contributed by atoms with Crippen molar-refractivity contribution >= 4 is 0 Å². The van der Waals surface area contributed by atoms with Crippen molar-refractivity contribution in [2.45, 2.75) is 26.7 Å². The highest BCUT2D eigenvalue weighted by atomic mass is 16.5. The molecular weight excluding hydrogens is 200 g/mol. The van der Waals surface area contributed by atoms with Crippen LogP contribution in [0.15, 0.2) is 12.1 Å². The third-order valence-electron chi connectivity index (χ3n) is 2.94. The van der Waals surface area contributed by atoms with E-state index in [4.69, 9.17) is 4.74 Å². The molecule has 2 heterocycles. The first-order chi connectivity index (χ1) is 7.74. The molecule has 1 aliphatic heterocycles. The molecule has 1 fully saturated rings. The SMILES string of the molecule is Cc1cc(OC[C@H]2CCCNC2)cc(C)n1. The van der Waals surface area contributed by atoms with Gasteiger partial charge in [-0.15, -0.1) is 0 Å². The van der Waals surface area contributed by atoms with Crippen LogP contribution >= 0.6 is 0 Å². The molecule has 1 aromatic rings. The largest absolute Gasteiger partial charge is 0.493 e. The van der Waals surface area contributed by atoms with Gasteiger partial charge in [0.1, 0.15) is 5.75 Å². The fourth-order valence-corrected chi connectivity index (χ4v) is 2.16. The van der Waals surface area contributed by atoms with E-state index in [1.165, 1.54) is 12.8 Å². The summed E-state index contributed by atoms with van der Waals surface area (Å²) in [6, 6.07) is 4.01. The van der Waals surface area contributed by atoms with Crippen molar-refractivity contribution in [2.75, 3.05) is 19.7 Å². The third kappa shape index (κ3) is 3.20. The second kappa shape index (κ2) is 5.30. The van der Waals surface area contributed by atoms with E-state index >= 15 is 0 Å². The molecule has 0 unspecified atom stereocenters. The molecule has 3 nitrogen and oxygen atoms in total. The van der Waals surface area contributed by atoms with Crippen LogP contribution in [0, 0.1) is 19.8 Å². The fraction of sp³-hybridized carbons (Fsp3) is 0.615. The van der Waals surface area contributed by atoms with Crippen LogP contribution in [0.4, 0.5) is 0 Å². The molecule has 2 rings (SSSR count). The van der Waals surface area contributed by atoms with Crippen LogP contribution in [0.25, 0.3) is 0 Å². The standard InChI is InChI=1S/C13H20N2O/c1-10-6-13(7-11(2)15-10)16-9-12-4-3-5-14-8-12/h6-7,12,14H,3-5,8-9H2,1-2H3/t12-/m0/s1. The minimum absolute atomic E-state index is 0.655. The average molecular weight is 220 g/mol. The molecule has 0 radical (unpaired) electrons. The van der Waals surface area contributed by atoms with Crippen LogP contribution in [-0.4, -0.2) is 24.7 Å². The number of ether oxygens (including phenoxy) is 1. The van der Waals surface area contributed by atoms with E-state index in [2.05, 4.69) is 10.3 Å². The second-order valence-electron chi connectivity index (χ2n) is 4.61. The Kier molecular flexibility index (Phi) is 3.78. The predicted molar refractivity (Wildman–Crippen MR) is 64.8 cm³/mol. The van der Waals surface area contributed by atoms with Gasteiger partial charge < -0.3 is 10.1 Å².